The van der Waals surface area contributed by atoms with Crippen molar-refractivity contribution >= 4 is 16.6 Å². The molecule has 0 unspecified atom stereocenters. The average Bonchev–Trinajstić information content (AvgIpc) is 3.06. The molecule has 0 spiro atoms. The molecule has 1 aromatic heterocycles. The number of non-ortho nitro benzene ring substituents is 1. The maximum Gasteiger partial charge on any atom is 0.270 e. The van der Waals surface area contributed by atoms with Crippen LogP contribution in [-0.2, 0) is 12.8 Å². The zero-order chi connectivity index (χ0) is 18.8. The maximum atomic E-state index is 11.1. The van der Waals surface area contributed by atoms with E-state index in [1.165, 1.54) is 16.8 Å². The van der Waals surface area contributed by atoms with Crippen molar-refractivity contribution in [3.63, 3.8) is 0 Å². The summed E-state index contributed by atoms with van der Waals surface area (Å²) in [6.45, 7) is 2.24. The van der Waals surface area contributed by atoms with Crippen LogP contribution in [0.3, 0.4) is 0 Å². The lowest BCUT2D eigenvalue weighted by molar-refractivity contribution is -0.384. The van der Waals surface area contributed by atoms with Gasteiger partial charge in [-0.25, -0.2) is 0 Å². The van der Waals surface area contributed by atoms with Crippen molar-refractivity contribution in [3.05, 3.63) is 75.5 Å². The minimum Gasteiger partial charge on any atom is -0.357 e. The molecule has 0 amide bonds. The first kappa shape index (κ1) is 17.7. The second-order valence-electron chi connectivity index (χ2n) is 7.54. The van der Waals surface area contributed by atoms with Gasteiger partial charge in [-0.15, -0.1) is 0 Å². The van der Waals surface area contributed by atoms with E-state index >= 15 is 0 Å². The molecule has 2 N–H and O–H groups in total. The molecule has 0 bridgehead atoms. The predicted octanol–water partition coefficient (Wildman–Crippen LogP) is 5.06. The summed E-state index contributed by atoms with van der Waals surface area (Å²) < 4.78 is 0. The number of hydrogen-bond donors (Lipinski definition) is 2. The van der Waals surface area contributed by atoms with E-state index < -0.39 is 0 Å². The first-order valence-electron chi connectivity index (χ1n) is 9.70. The molecular weight excluding hydrogens is 338 g/mol. The van der Waals surface area contributed by atoms with Crippen LogP contribution in [0.1, 0.15) is 49.0 Å². The Morgan fingerprint density at radius 1 is 1.26 bits per heavy atom. The van der Waals surface area contributed by atoms with Gasteiger partial charge in [-0.2, -0.15) is 0 Å². The number of benzene rings is 2. The number of rotatable bonds is 6. The third-order valence-electron chi connectivity index (χ3n) is 5.60. The fraction of sp³-hybridized carbons (Fsp3) is 0.364. The third-order valence-corrected chi connectivity index (χ3v) is 5.60. The highest BCUT2D eigenvalue weighted by atomic mass is 16.6. The van der Waals surface area contributed by atoms with E-state index in [1.807, 2.05) is 6.07 Å². The standard InChI is InChI=1S/C22H25N3O2/c1-15(10-11-16-6-3-2-4-7-16)23-21-9-5-8-18-19-14-17(25(26)27)12-13-20(19)24-22(18)21/h2-4,6-7,12-15,21,23-24H,5,8-11H2,1H3/t15-,21-/m1/s1. The van der Waals surface area contributed by atoms with Crippen LogP contribution in [0.2, 0.25) is 0 Å². The first-order chi connectivity index (χ1) is 13.1. The fourth-order valence-corrected chi connectivity index (χ4v) is 4.19. The minimum absolute atomic E-state index is 0.163. The molecule has 4 rings (SSSR count). The number of nitro groups is 1. The maximum absolute atomic E-state index is 11.1. The summed E-state index contributed by atoms with van der Waals surface area (Å²) in [5.41, 5.74) is 4.98. The molecule has 1 aliphatic carbocycles. The largest absolute Gasteiger partial charge is 0.357 e. The molecule has 1 aliphatic rings. The summed E-state index contributed by atoms with van der Waals surface area (Å²) in [5.74, 6) is 0. The van der Waals surface area contributed by atoms with Gasteiger partial charge in [-0.3, -0.25) is 10.1 Å². The first-order valence-corrected chi connectivity index (χ1v) is 9.70. The average molecular weight is 363 g/mol. The molecule has 2 atom stereocenters. The van der Waals surface area contributed by atoms with Gasteiger partial charge in [0, 0.05) is 40.8 Å². The van der Waals surface area contributed by atoms with Crippen molar-refractivity contribution < 1.29 is 4.92 Å². The van der Waals surface area contributed by atoms with Gasteiger partial charge in [0.25, 0.3) is 5.69 Å². The van der Waals surface area contributed by atoms with E-state index in [1.54, 1.807) is 12.1 Å². The van der Waals surface area contributed by atoms with Gasteiger partial charge in [0.15, 0.2) is 0 Å². The van der Waals surface area contributed by atoms with Crippen LogP contribution in [0.4, 0.5) is 5.69 Å². The number of fused-ring (bicyclic) bond motifs is 3. The number of hydrogen-bond acceptors (Lipinski definition) is 3. The van der Waals surface area contributed by atoms with Crippen molar-refractivity contribution in [2.45, 2.75) is 51.1 Å². The van der Waals surface area contributed by atoms with Gasteiger partial charge >= 0.3 is 0 Å². The van der Waals surface area contributed by atoms with Crippen molar-refractivity contribution in [1.82, 2.24) is 10.3 Å². The number of aromatic nitrogens is 1. The zero-order valence-corrected chi connectivity index (χ0v) is 15.6. The van der Waals surface area contributed by atoms with Crippen LogP contribution in [0.15, 0.2) is 48.5 Å². The van der Waals surface area contributed by atoms with Crippen LogP contribution < -0.4 is 5.32 Å². The van der Waals surface area contributed by atoms with Crippen molar-refractivity contribution in [3.8, 4) is 0 Å². The molecule has 5 nitrogen and oxygen atoms in total. The van der Waals surface area contributed by atoms with Crippen molar-refractivity contribution in [2.24, 2.45) is 0 Å². The fourth-order valence-electron chi connectivity index (χ4n) is 4.19. The van der Waals surface area contributed by atoms with Crippen LogP contribution in [-0.4, -0.2) is 15.9 Å². The van der Waals surface area contributed by atoms with Crippen LogP contribution in [0.25, 0.3) is 10.9 Å². The van der Waals surface area contributed by atoms with E-state index in [4.69, 9.17) is 0 Å². The second kappa shape index (κ2) is 7.53. The van der Waals surface area contributed by atoms with Gasteiger partial charge in [0.1, 0.15) is 0 Å². The number of nitro benzene ring substituents is 1. The Kier molecular flexibility index (Phi) is 4.94. The lowest BCUT2D eigenvalue weighted by Crippen LogP contribution is -2.33. The Hall–Kier alpha value is -2.66. The Morgan fingerprint density at radius 2 is 2.07 bits per heavy atom. The molecule has 0 aliphatic heterocycles. The minimum atomic E-state index is -0.316. The van der Waals surface area contributed by atoms with E-state index in [9.17, 15) is 10.1 Å². The zero-order valence-electron chi connectivity index (χ0n) is 15.6. The molecule has 1 heterocycles. The number of aryl methyl sites for hydroxylation is 2. The Labute approximate surface area is 158 Å². The SMILES string of the molecule is C[C@H](CCc1ccccc1)N[C@@H]1CCCc2c1[nH]c1ccc([N+](=O)[O-])cc21. The molecule has 2 aromatic carbocycles. The summed E-state index contributed by atoms with van der Waals surface area (Å²) in [7, 11) is 0. The molecule has 5 heteroatoms. The van der Waals surface area contributed by atoms with Gasteiger partial charge in [-0.1, -0.05) is 30.3 Å². The van der Waals surface area contributed by atoms with Gasteiger partial charge < -0.3 is 10.3 Å². The Balaban J connectivity index is 1.51. The number of nitrogens with zero attached hydrogens (tertiary/aromatic N) is 1. The van der Waals surface area contributed by atoms with Gasteiger partial charge in [0.05, 0.1) is 4.92 Å². The highest BCUT2D eigenvalue weighted by Gasteiger charge is 2.26. The van der Waals surface area contributed by atoms with Crippen LogP contribution in [0.5, 0.6) is 0 Å². The second-order valence-corrected chi connectivity index (χ2v) is 7.54. The lowest BCUT2D eigenvalue weighted by atomic mass is 9.91. The van der Waals surface area contributed by atoms with E-state index in [0.717, 1.165) is 43.0 Å². The van der Waals surface area contributed by atoms with E-state index in [2.05, 4.69) is 47.6 Å². The van der Waals surface area contributed by atoms with Crippen molar-refractivity contribution in [1.29, 1.82) is 0 Å². The lowest BCUT2D eigenvalue weighted by Gasteiger charge is -2.27. The molecule has 0 fully saturated rings. The van der Waals surface area contributed by atoms with Crippen LogP contribution >= 0.6 is 0 Å². The summed E-state index contributed by atoms with van der Waals surface area (Å²) in [6, 6.07) is 16.4. The third kappa shape index (κ3) is 3.74. The van der Waals surface area contributed by atoms with Crippen molar-refractivity contribution in [2.75, 3.05) is 0 Å². The quantitative estimate of drug-likeness (QED) is 0.475. The number of nitrogens with one attached hydrogen (secondary N) is 2. The van der Waals surface area contributed by atoms with E-state index in [-0.39, 0.29) is 16.7 Å². The summed E-state index contributed by atoms with van der Waals surface area (Å²) >= 11 is 0. The highest BCUT2D eigenvalue weighted by molar-refractivity contribution is 5.87. The van der Waals surface area contributed by atoms with Crippen LogP contribution in [0, 0.1) is 10.1 Å². The van der Waals surface area contributed by atoms with Gasteiger partial charge in [-0.05, 0) is 56.2 Å². The van der Waals surface area contributed by atoms with Gasteiger partial charge in [0.2, 0.25) is 0 Å². The summed E-state index contributed by atoms with van der Waals surface area (Å²) in [5, 5.41) is 15.9. The molecule has 27 heavy (non-hydrogen) atoms. The predicted molar refractivity (Wildman–Crippen MR) is 108 cm³/mol. The molecule has 0 saturated heterocycles. The molecule has 0 radical (unpaired) electrons. The monoisotopic (exact) mass is 363 g/mol. The summed E-state index contributed by atoms with van der Waals surface area (Å²) in [4.78, 5) is 14.3. The highest BCUT2D eigenvalue weighted by Crippen LogP contribution is 2.36. The molecule has 3 aromatic rings. The molecular formula is C22H25N3O2. The smallest absolute Gasteiger partial charge is 0.270 e. The Bertz CT molecular complexity index is 949. The normalized spacial score (nSPS) is 17.6. The topological polar surface area (TPSA) is 71.0 Å². The number of H-pyrrole nitrogens is 1. The van der Waals surface area contributed by atoms with E-state index in [0.29, 0.717) is 6.04 Å². The molecule has 140 valence electrons. The Morgan fingerprint density at radius 3 is 2.85 bits per heavy atom. The molecule has 0 saturated carbocycles. The number of aromatic amines is 1. The summed E-state index contributed by atoms with van der Waals surface area (Å²) in [6.07, 6.45) is 5.32.